The number of carbonyl (C=O) groups is 1. The SMILES string of the molecule is COC(=O)C[C@H]1C[C@@H](O)[C@H](C)[C@@H](/C(C)=C/C=C/[C@@H](C)C[C@@]2(C)O[C@@H]2[C@H](C)[C@@H](OC)[C@@H](C)O)O1. The smallest absolute Gasteiger partial charge is 0.308 e. The van der Waals surface area contributed by atoms with Gasteiger partial charge >= 0.3 is 5.97 Å². The summed E-state index contributed by atoms with van der Waals surface area (Å²) in [5.41, 5.74) is 0.791. The van der Waals surface area contributed by atoms with E-state index in [1.807, 2.05) is 26.0 Å². The van der Waals surface area contributed by atoms with Gasteiger partial charge in [-0.3, -0.25) is 4.79 Å². The number of aliphatic hydroxyl groups excluding tert-OH is 2. The minimum atomic E-state index is -0.543. The van der Waals surface area contributed by atoms with Crippen molar-refractivity contribution in [2.45, 2.75) is 103 Å². The van der Waals surface area contributed by atoms with E-state index < -0.39 is 12.2 Å². The van der Waals surface area contributed by atoms with E-state index in [0.717, 1.165) is 12.0 Å². The second kappa shape index (κ2) is 11.9. The molecule has 7 heteroatoms. The van der Waals surface area contributed by atoms with E-state index in [2.05, 4.69) is 26.8 Å². The van der Waals surface area contributed by atoms with E-state index in [9.17, 15) is 15.0 Å². The molecule has 0 amide bonds. The van der Waals surface area contributed by atoms with Crippen molar-refractivity contribution in [1.82, 2.24) is 0 Å². The minimum Gasteiger partial charge on any atom is -0.469 e. The molecule has 0 unspecified atom stereocenters. The average Bonchev–Trinajstić information content (AvgIpc) is 3.40. The van der Waals surface area contributed by atoms with Gasteiger partial charge in [0, 0.05) is 25.4 Å². The van der Waals surface area contributed by atoms with Crippen LogP contribution in [0.15, 0.2) is 23.8 Å². The van der Waals surface area contributed by atoms with Gasteiger partial charge in [0.05, 0.1) is 55.8 Å². The molecule has 2 heterocycles. The molecular weight excluding hydrogens is 424 g/mol. The fourth-order valence-electron chi connectivity index (χ4n) is 5.30. The summed E-state index contributed by atoms with van der Waals surface area (Å²) in [5.74, 6) is 0.0212. The maximum Gasteiger partial charge on any atom is 0.308 e. The Kier molecular flexibility index (Phi) is 10.1. The Morgan fingerprint density at radius 2 is 1.94 bits per heavy atom. The first kappa shape index (κ1) is 28.0. The normalized spacial score (nSPS) is 36.3. The Bertz CT molecular complexity index is 703. The first-order valence-electron chi connectivity index (χ1n) is 12.1. The lowest BCUT2D eigenvalue weighted by Crippen LogP contribution is -2.44. The first-order chi connectivity index (χ1) is 15.4. The predicted molar refractivity (Wildman–Crippen MR) is 127 cm³/mol. The first-order valence-corrected chi connectivity index (χ1v) is 12.1. The topological polar surface area (TPSA) is 97.8 Å². The summed E-state index contributed by atoms with van der Waals surface area (Å²) >= 11 is 0. The van der Waals surface area contributed by atoms with Crippen LogP contribution in [0.3, 0.4) is 0 Å². The van der Waals surface area contributed by atoms with Crippen molar-refractivity contribution in [3.8, 4) is 0 Å². The van der Waals surface area contributed by atoms with Gasteiger partial charge in [-0.15, -0.1) is 0 Å². The molecule has 10 atom stereocenters. The Labute approximate surface area is 199 Å². The fourth-order valence-corrected chi connectivity index (χ4v) is 5.30. The summed E-state index contributed by atoms with van der Waals surface area (Å²) in [6.45, 7) is 12.1. The number of ether oxygens (including phenoxy) is 4. The van der Waals surface area contributed by atoms with Gasteiger partial charge in [0.1, 0.15) is 0 Å². The van der Waals surface area contributed by atoms with Crippen molar-refractivity contribution in [1.29, 1.82) is 0 Å². The number of epoxide rings is 1. The summed E-state index contributed by atoms with van der Waals surface area (Å²) in [6.07, 6.45) is 5.82. The lowest BCUT2D eigenvalue weighted by Gasteiger charge is -2.38. The van der Waals surface area contributed by atoms with Crippen LogP contribution in [0.1, 0.15) is 60.8 Å². The van der Waals surface area contributed by atoms with Gasteiger partial charge < -0.3 is 29.2 Å². The molecule has 7 nitrogen and oxygen atoms in total. The lowest BCUT2D eigenvalue weighted by molar-refractivity contribution is -0.153. The highest BCUT2D eigenvalue weighted by Crippen LogP contribution is 2.47. The fraction of sp³-hybridized carbons (Fsp3) is 0.808. The highest BCUT2D eigenvalue weighted by molar-refractivity contribution is 5.69. The molecule has 0 aromatic rings. The number of allylic oxidation sites excluding steroid dienone is 3. The lowest BCUT2D eigenvalue weighted by atomic mass is 9.85. The number of methoxy groups -OCH3 is 2. The zero-order chi connectivity index (χ0) is 24.9. The molecule has 2 saturated heterocycles. The standard InChI is InChI=1S/C26H44O7/c1-15(14-26(6)25(33-26)18(4)24(31-8)19(5)27)10-9-11-16(2)23-17(3)21(28)12-20(32-23)13-22(29)30-7/h9-11,15,17-21,23-25,27-28H,12-14H2,1-8H3/b10-9+,16-11+/t15-,17+,18-,19-,20-,21-,23-,24-,25-,26-/m1/s1. The van der Waals surface area contributed by atoms with E-state index in [-0.39, 0.29) is 54.2 Å². The Balaban J connectivity index is 1.93. The van der Waals surface area contributed by atoms with Crippen LogP contribution in [0, 0.1) is 17.8 Å². The van der Waals surface area contributed by atoms with E-state index in [0.29, 0.717) is 12.3 Å². The van der Waals surface area contributed by atoms with Crippen molar-refractivity contribution in [2.75, 3.05) is 14.2 Å². The van der Waals surface area contributed by atoms with E-state index in [4.69, 9.17) is 18.9 Å². The van der Waals surface area contributed by atoms with Crippen LogP contribution < -0.4 is 0 Å². The third-order valence-corrected chi connectivity index (χ3v) is 7.21. The number of aliphatic hydroxyl groups is 2. The largest absolute Gasteiger partial charge is 0.469 e. The average molecular weight is 469 g/mol. The molecule has 33 heavy (non-hydrogen) atoms. The number of carbonyl (C=O) groups excluding carboxylic acids is 1. The molecule has 0 saturated carbocycles. The Hall–Kier alpha value is -1.25. The molecule has 0 radical (unpaired) electrons. The zero-order valence-corrected chi connectivity index (χ0v) is 21.5. The van der Waals surface area contributed by atoms with Crippen LogP contribution >= 0.6 is 0 Å². The third-order valence-electron chi connectivity index (χ3n) is 7.21. The van der Waals surface area contributed by atoms with E-state index >= 15 is 0 Å². The molecule has 2 rings (SSSR count). The van der Waals surface area contributed by atoms with Crippen LogP contribution in [0.5, 0.6) is 0 Å². The number of hydrogen-bond acceptors (Lipinski definition) is 7. The molecule has 2 fully saturated rings. The molecule has 2 N–H and O–H groups in total. The van der Waals surface area contributed by atoms with Gasteiger partial charge in [-0.25, -0.2) is 0 Å². The molecular formula is C26H44O7. The minimum absolute atomic E-state index is 0.0513. The maximum atomic E-state index is 11.6. The predicted octanol–water partition coefficient (Wildman–Crippen LogP) is 3.42. The van der Waals surface area contributed by atoms with E-state index in [1.165, 1.54) is 7.11 Å². The van der Waals surface area contributed by atoms with Crippen LogP contribution in [0.2, 0.25) is 0 Å². The van der Waals surface area contributed by atoms with E-state index in [1.54, 1.807) is 14.0 Å². The maximum absolute atomic E-state index is 11.6. The summed E-state index contributed by atoms with van der Waals surface area (Å²) in [5, 5.41) is 20.4. The molecule has 0 spiro atoms. The highest BCUT2D eigenvalue weighted by atomic mass is 16.6. The van der Waals surface area contributed by atoms with Gasteiger partial charge in [0.2, 0.25) is 0 Å². The van der Waals surface area contributed by atoms with Gasteiger partial charge in [0.25, 0.3) is 0 Å². The highest BCUT2D eigenvalue weighted by Gasteiger charge is 2.56. The van der Waals surface area contributed by atoms with Crippen LogP contribution in [-0.4, -0.2) is 72.6 Å². The van der Waals surface area contributed by atoms with Crippen molar-refractivity contribution < 1.29 is 34.0 Å². The second-order valence-corrected chi connectivity index (χ2v) is 10.2. The summed E-state index contributed by atoms with van der Waals surface area (Å²) in [7, 11) is 2.99. The number of rotatable bonds is 11. The van der Waals surface area contributed by atoms with Crippen LogP contribution in [0.25, 0.3) is 0 Å². The third kappa shape index (κ3) is 7.36. The second-order valence-electron chi connectivity index (χ2n) is 10.2. The van der Waals surface area contributed by atoms with Crippen molar-refractivity contribution in [3.05, 3.63) is 23.8 Å². The Morgan fingerprint density at radius 3 is 2.52 bits per heavy atom. The molecule has 0 aromatic carbocycles. The summed E-state index contributed by atoms with van der Waals surface area (Å²) in [6, 6.07) is 0. The van der Waals surface area contributed by atoms with Gasteiger partial charge in [-0.2, -0.15) is 0 Å². The van der Waals surface area contributed by atoms with Gasteiger partial charge in [-0.1, -0.05) is 39.0 Å². The monoisotopic (exact) mass is 468 g/mol. The molecule has 0 aromatic heterocycles. The molecule has 0 aliphatic carbocycles. The van der Waals surface area contributed by atoms with Crippen LogP contribution in [0.4, 0.5) is 0 Å². The summed E-state index contributed by atoms with van der Waals surface area (Å²) in [4.78, 5) is 11.6. The van der Waals surface area contributed by atoms with Crippen molar-refractivity contribution >= 4 is 5.97 Å². The van der Waals surface area contributed by atoms with Gasteiger partial charge in [-0.05, 0) is 38.7 Å². The van der Waals surface area contributed by atoms with Crippen LogP contribution in [-0.2, 0) is 23.7 Å². The molecule has 2 aliphatic rings. The van der Waals surface area contributed by atoms with Crippen molar-refractivity contribution in [3.63, 3.8) is 0 Å². The zero-order valence-electron chi connectivity index (χ0n) is 21.5. The van der Waals surface area contributed by atoms with Gasteiger partial charge in [0.15, 0.2) is 0 Å². The summed E-state index contributed by atoms with van der Waals surface area (Å²) < 4.78 is 22.4. The Morgan fingerprint density at radius 1 is 1.27 bits per heavy atom. The molecule has 2 aliphatic heterocycles. The molecule has 0 bridgehead atoms. The number of esters is 1. The quantitative estimate of drug-likeness (QED) is 0.272. The number of hydrogen-bond donors (Lipinski definition) is 2. The molecule has 190 valence electrons. The van der Waals surface area contributed by atoms with Crippen molar-refractivity contribution in [2.24, 2.45) is 17.8 Å².